The Kier molecular flexibility index (Phi) is 6.20. The summed E-state index contributed by atoms with van der Waals surface area (Å²) in [5, 5.41) is 3.60. The molecule has 0 fully saturated rings. The SMILES string of the molecule is CCCC(CCC)N[C@H](C)c1cccc(F)c1. The Morgan fingerprint density at radius 1 is 1.18 bits per heavy atom. The van der Waals surface area contributed by atoms with Gasteiger partial charge in [0.15, 0.2) is 0 Å². The minimum atomic E-state index is -0.154. The summed E-state index contributed by atoms with van der Waals surface area (Å²) in [4.78, 5) is 0. The van der Waals surface area contributed by atoms with Gasteiger partial charge in [0.1, 0.15) is 5.82 Å². The normalized spacial score (nSPS) is 13.0. The van der Waals surface area contributed by atoms with E-state index >= 15 is 0 Å². The number of rotatable bonds is 7. The zero-order chi connectivity index (χ0) is 12.7. The van der Waals surface area contributed by atoms with Gasteiger partial charge in [-0.2, -0.15) is 0 Å². The van der Waals surface area contributed by atoms with E-state index in [9.17, 15) is 4.39 Å². The second-order valence-electron chi connectivity index (χ2n) is 4.72. The first-order valence-electron chi connectivity index (χ1n) is 6.68. The van der Waals surface area contributed by atoms with Gasteiger partial charge in [0.2, 0.25) is 0 Å². The fraction of sp³-hybridized carbons (Fsp3) is 0.600. The van der Waals surface area contributed by atoms with Crippen LogP contribution < -0.4 is 5.32 Å². The summed E-state index contributed by atoms with van der Waals surface area (Å²) in [6.07, 6.45) is 4.75. The monoisotopic (exact) mass is 237 g/mol. The molecule has 0 amide bonds. The Labute approximate surface area is 104 Å². The average Bonchev–Trinajstić information content (AvgIpc) is 2.29. The minimum Gasteiger partial charge on any atom is -0.307 e. The highest BCUT2D eigenvalue weighted by molar-refractivity contribution is 5.19. The fourth-order valence-electron chi connectivity index (χ4n) is 2.23. The third-order valence-electron chi connectivity index (χ3n) is 3.11. The summed E-state index contributed by atoms with van der Waals surface area (Å²) in [6.45, 7) is 6.52. The first kappa shape index (κ1) is 14.2. The molecule has 0 aromatic heterocycles. The van der Waals surface area contributed by atoms with Crippen molar-refractivity contribution in [1.82, 2.24) is 5.32 Å². The molecule has 17 heavy (non-hydrogen) atoms. The van der Waals surface area contributed by atoms with Gasteiger partial charge in [-0.3, -0.25) is 0 Å². The molecule has 1 rings (SSSR count). The quantitative estimate of drug-likeness (QED) is 0.739. The third-order valence-corrected chi connectivity index (χ3v) is 3.11. The summed E-state index contributed by atoms with van der Waals surface area (Å²) >= 11 is 0. The molecule has 1 aromatic rings. The maximum atomic E-state index is 13.1. The van der Waals surface area contributed by atoms with Crippen molar-refractivity contribution in [2.45, 2.75) is 58.5 Å². The van der Waals surface area contributed by atoms with E-state index in [1.54, 1.807) is 12.1 Å². The zero-order valence-electron chi connectivity index (χ0n) is 11.2. The lowest BCUT2D eigenvalue weighted by molar-refractivity contribution is 0.402. The lowest BCUT2D eigenvalue weighted by Gasteiger charge is -2.23. The van der Waals surface area contributed by atoms with Gasteiger partial charge in [-0.15, -0.1) is 0 Å². The molecule has 0 bridgehead atoms. The van der Waals surface area contributed by atoms with Crippen LogP contribution in [0.3, 0.4) is 0 Å². The highest BCUT2D eigenvalue weighted by atomic mass is 19.1. The van der Waals surface area contributed by atoms with E-state index in [4.69, 9.17) is 0 Å². The number of hydrogen-bond acceptors (Lipinski definition) is 1. The van der Waals surface area contributed by atoms with Gasteiger partial charge >= 0.3 is 0 Å². The van der Waals surface area contributed by atoms with Crippen LogP contribution in [0.5, 0.6) is 0 Å². The van der Waals surface area contributed by atoms with Crippen LogP contribution in [0.4, 0.5) is 4.39 Å². The first-order valence-corrected chi connectivity index (χ1v) is 6.68. The Bertz CT molecular complexity index is 318. The second-order valence-corrected chi connectivity index (χ2v) is 4.72. The predicted molar refractivity (Wildman–Crippen MR) is 71.6 cm³/mol. The van der Waals surface area contributed by atoms with Gasteiger partial charge in [0, 0.05) is 12.1 Å². The summed E-state index contributed by atoms with van der Waals surface area (Å²) in [6, 6.07) is 7.63. The molecule has 0 saturated carbocycles. The summed E-state index contributed by atoms with van der Waals surface area (Å²) in [5.41, 5.74) is 1.03. The lowest BCUT2D eigenvalue weighted by Crippen LogP contribution is -2.31. The maximum Gasteiger partial charge on any atom is 0.123 e. The van der Waals surface area contributed by atoms with Crippen LogP contribution in [0, 0.1) is 5.82 Å². The van der Waals surface area contributed by atoms with Gasteiger partial charge < -0.3 is 5.32 Å². The molecule has 0 saturated heterocycles. The Hall–Kier alpha value is -0.890. The van der Waals surface area contributed by atoms with E-state index in [0.717, 1.165) is 5.56 Å². The summed E-state index contributed by atoms with van der Waals surface area (Å²) in [5.74, 6) is -0.154. The molecular weight excluding hydrogens is 213 g/mol. The zero-order valence-corrected chi connectivity index (χ0v) is 11.2. The smallest absolute Gasteiger partial charge is 0.123 e. The highest BCUT2D eigenvalue weighted by Gasteiger charge is 2.12. The maximum absolute atomic E-state index is 13.1. The number of hydrogen-bond donors (Lipinski definition) is 1. The standard InChI is InChI=1S/C15H24FN/c1-4-7-15(8-5-2)17-12(3)13-9-6-10-14(16)11-13/h6,9-12,15,17H,4-5,7-8H2,1-3H3/t12-/m1/s1. The van der Waals surface area contributed by atoms with Crippen LogP contribution in [0.2, 0.25) is 0 Å². The Morgan fingerprint density at radius 2 is 1.82 bits per heavy atom. The van der Waals surface area contributed by atoms with Crippen molar-refractivity contribution >= 4 is 0 Å². The Balaban J connectivity index is 2.59. The van der Waals surface area contributed by atoms with Crippen LogP contribution in [-0.2, 0) is 0 Å². The van der Waals surface area contributed by atoms with Crippen LogP contribution in [0.15, 0.2) is 24.3 Å². The van der Waals surface area contributed by atoms with E-state index < -0.39 is 0 Å². The highest BCUT2D eigenvalue weighted by Crippen LogP contribution is 2.16. The number of halogens is 1. The Morgan fingerprint density at radius 3 is 2.35 bits per heavy atom. The van der Waals surface area contributed by atoms with Crippen LogP contribution in [-0.4, -0.2) is 6.04 Å². The van der Waals surface area contributed by atoms with Crippen molar-refractivity contribution in [2.75, 3.05) is 0 Å². The van der Waals surface area contributed by atoms with E-state index in [-0.39, 0.29) is 11.9 Å². The summed E-state index contributed by atoms with van der Waals surface area (Å²) in [7, 11) is 0. The van der Waals surface area contributed by atoms with Gasteiger partial charge in [0.05, 0.1) is 0 Å². The van der Waals surface area contributed by atoms with E-state index in [2.05, 4.69) is 26.1 Å². The second kappa shape index (κ2) is 7.44. The molecule has 0 aliphatic carbocycles. The predicted octanol–water partition coefficient (Wildman–Crippen LogP) is 4.45. The van der Waals surface area contributed by atoms with Crippen molar-refractivity contribution < 1.29 is 4.39 Å². The van der Waals surface area contributed by atoms with Crippen molar-refractivity contribution in [3.63, 3.8) is 0 Å². The van der Waals surface area contributed by atoms with Gasteiger partial charge in [-0.25, -0.2) is 4.39 Å². The lowest BCUT2D eigenvalue weighted by atomic mass is 10.0. The molecule has 96 valence electrons. The molecule has 1 aromatic carbocycles. The van der Waals surface area contributed by atoms with E-state index in [1.807, 2.05) is 6.07 Å². The molecule has 2 heteroatoms. The van der Waals surface area contributed by atoms with Crippen molar-refractivity contribution in [1.29, 1.82) is 0 Å². The van der Waals surface area contributed by atoms with Crippen molar-refractivity contribution in [2.24, 2.45) is 0 Å². The van der Waals surface area contributed by atoms with Crippen molar-refractivity contribution in [3.05, 3.63) is 35.6 Å². The molecule has 0 heterocycles. The van der Waals surface area contributed by atoms with Gasteiger partial charge in [-0.05, 0) is 37.5 Å². The molecular formula is C15H24FN. The third kappa shape index (κ3) is 4.86. The largest absolute Gasteiger partial charge is 0.307 e. The molecule has 1 atom stereocenters. The number of benzene rings is 1. The van der Waals surface area contributed by atoms with Gasteiger partial charge in [-0.1, -0.05) is 38.8 Å². The molecule has 0 spiro atoms. The molecule has 0 radical (unpaired) electrons. The van der Waals surface area contributed by atoms with Gasteiger partial charge in [0.25, 0.3) is 0 Å². The van der Waals surface area contributed by atoms with Crippen LogP contribution in [0.25, 0.3) is 0 Å². The average molecular weight is 237 g/mol. The minimum absolute atomic E-state index is 0.154. The van der Waals surface area contributed by atoms with Crippen molar-refractivity contribution in [3.8, 4) is 0 Å². The molecule has 0 aliphatic heterocycles. The molecule has 0 unspecified atom stereocenters. The van der Waals surface area contributed by atoms with E-state index in [0.29, 0.717) is 6.04 Å². The molecule has 1 nitrogen and oxygen atoms in total. The molecule has 1 N–H and O–H groups in total. The van der Waals surface area contributed by atoms with E-state index in [1.165, 1.54) is 31.7 Å². The molecule has 0 aliphatic rings. The summed E-state index contributed by atoms with van der Waals surface area (Å²) < 4.78 is 13.1. The fourth-order valence-corrected chi connectivity index (χ4v) is 2.23. The number of nitrogens with one attached hydrogen (secondary N) is 1. The first-order chi connectivity index (χ1) is 8.17. The topological polar surface area (TPSA) is 12.0 Å². The van der Waals surface area contributed by atoms with Crippen LogP contribution >= 0.6 is 0 Å². The van der Waals surface area contributed by atoms with Crippen LogP contribution in [0.1, 0.15) is 58.1 Å².